The molecule has 0 aromatic carbocycles. The van der Waals surface area contributed by atoms with Crippen molar-refractivity contribution in [3.8, 4) is 5.88 Å². The zero-order valence-electron chi connectivity index (χ0n) is 14.1. The first kappa shape index (κ1) is 17.9. The highest BCUT2D eigenvalue weighted by molar-refractivity contribution is 7.89. The van der Waals surface area contributed by atoms with Crippen molar-refractivity contribution in [2.45, 2.75) is 26.4 Å². The Bertz CT molecular complexity index is 822. The average Bonchev–Trinajstić information content (AvgIpc) is 2.94. The summed E-state index contributed by atoms with van der Waals surface area (Å²) >= 11 is 0. The van der Waals surface area contributed by atoms with Gasteiger partial charge >= 0.3 is 0 Å². The molecule has 0 saturated carbocycles. The molecule has 8 heteroatoms. The van der Waals surface area contributed by atoms with Crippen molar-refractivity contribution in [1.82, 2.24) is 13.9 Å². The molecule has 0 bridgehead atoms. The number of rotatable bonds is 6. The Kier molecular flexibility index (Phi) is 5.39. The lowest BCUT2D eigenvalue weighted by Crippen LogP contribution is -2.35. The fourth-order valence-electron chi connectivity index (χ4n) is 3.02. The van der Waals surface area contributed by atoms with Crippen LogP contribution in [0.4, 0.5) is 4.39 Å². The summed E-state index contributed by atoms with van der Waals surface area (Å²) in [4.78, 5) is 3.87. The van der Waals surface area contributed by atoms with Gasteiger partial charge in [0, 0.05) is 31.2 Å². The number of aromatic nitrogens is 2. The predicted molar refractivity (Wildman–Crippen MR) is 92.1 cm³/mol. The maximum atomic E-state index is 13.6. The van der Waals surface area contributed by atoms with Crippen molar-refractivity contribution in [1.29, 1.82) is 0 Å². The molecule has 0 fully saturated rings. The summed E-state index contributed by atoms with van der Waals surface area (Å²) in [5, 5.41) is 0. The Labute approximate surface area is 147 Å². The third-order valence-electron chi connectivity index (χ3n) is 4.43. The first-order chi connectivity index (χ1) is 12.0. The molecule has 0 spiro atoms. The van der Waals surface area contributed by atoms with Crippen molar-refractivity contribution in [2.75, 3.05) is 18.9 Å². The van der Waals surface area contributed by atoms with Crippen molar-refractivity contribution in [3.05, 3.63) is 48.2 Å². The molecule has 1 aliphatic rings. The standard InChI is InChI=1S/C17H22FN3O3S/c1-2-25(22,23)21-12-14(11-20-9-4-5-15(20)13-21)7-10-24-17-16(18)6-3-8-19-17/h3-6,8-9,14H,2,7,10-13H2,1H3/t14-/m0/s1. The molecule has 1 atom stereocenters. The van der Waals surface area contributed by atoms with Gasteiger partial charge in [0.15, 0.2) is 5.82 Å². The van der Waals surface area contributed by atoms with E-state index in [1.54, 1.807) is 6.92 Å². The molecule has 0 aliphatic carbocycles. The van der Waals surface area contributed by atoms with E-state index in [4.69, 9.17) is 4.74 Å². The molecule has 6 nitrogen and oxygen atoms in total. The van der Waals surface area contributed by atoms with E-state index in [9.17, 15) is 12.8 Å². The molecule has 0 radical (unpaired) electrons. The van der Waals surface area contributed by atoms with Crippen LogP contribution >= 0.6 is 0 Å². The molecule has 2 aromatic heterocycles. The smallest absolute Gasteiger partial charge is 0.250 e. The maximum absolute atomic E-state index is 13.6. The highest BCUT2D eigenvalue weighted by atomic mass is 32.2. The van der Waals surface area contributed by atoms with Crippen molar-refractivity contribution >= 4 is 10.0 Å². The average molecular weight is 367 g/mol. The Hall–Kier alpha value is -1.93. The van der Waals surface area contributed by atoms with Gasteiger partial charge in [0.05, 0.1) is 18.9 Å². The fourth-order valence-corrected chi connectivity index (χ4v) is 4.15. The number of nitrogens with zero attached hydrogens (tertiary/aromatic N) is 3. The molecular formula is C17H22FN3O3S. The quantitative estimate of drug-likeness (QED) is 0.786. The summed E-state index contributed by atoms with van der Waals surface area (Å²) < 4.78 is 47.3. The number of sulfonamides is 1. The molecule has 3 rings (SSSR count). The van der Waals surface area contributed by atoms with Crippen molar-refractivity contribution in [2.24, 2.45) is 5.92 Å². The van der Waals surface area contributed by atoms with E-state index in [2.05, 4.69) is 9.55 Å². The van der Waals surface area contributed by atoms with Crippen LogP contribution in [0.2, 0.25) is 0 Å². The van der Waals surface area contributed by atoms with Crippen LogP contribution in [0.5, 0.6) is 5.88 Å². The first-order valence-electron chi connectivity index (χ1n) is 8.34. The third-order valence-corrected chi connectivity index (χ3v) is 6.22. The third kappa shape index (κ3) is 4.19. The van der Waals surface area contributed by atoms with E-state index in [-0.39, 0.29) is 24.2 Å². The number of hydrogen-bond acceptors (Lipinski definition) is 4. The molecule has 0 amide bonds. The molecule has 1 aliphatic heterocycles. The Morgan fingerprint density at radius 3 is 2.92 bits per heavy atom. The minimum Gasteiger partial charge on any atom is -0.476 e. The monoisotopic (exact) mass is 367 g/mol. The molecule has 3 heterocycles. The van der Waals surface area contributed by atoms with E-state index in [1.165, 1.54) is 22.6 Å². The zero-order valence-corrected chi connectivity index (χ0v) is 15.0. The molecule has 0 N–H and O–H groups in total. The Balaban J connectivity index is 1.69. The van der Waals surface area contributed by atoms with Crippen LogP contribution in [-0.4, -0.2) is 41.2 Å². The van der Waals surface area contributed by atoms with E-state index in [0.717, 1.165) is 5.69 Å². The number of halogens is 1. The second-order valence-corrected chi connectivity index (χ2v) is 8.40. The van der Waals surface area contributed by atoms with Crippen molar-refractivity contribution < 1.29 is 17.5 Å². The highest BCUT2D eigenvalue weighted by Gasteiger charge is 2.28. The number of hydrogen-bond donors (Lipinski definition) is 0. The lowest BCUT2D eigenvalue weighted by atomic mass is 10.1. The van der Waals surface area contributed by atoms with Crippen LogP contribution in [0.25, 0.3) is 0 Å². The largest absolute Gasteiger partial charge is 0.476 e. The SMILES string of the molecule is CCS(=O)(=O)N1Cc2cccn2C[C@H](CCOc2ncccc2F)C1. The van der Waals surface area contributed by atoms with Gasteiger partial charge in [-0.25, -0.2) is 17.8 Å². The minimum atomic E-state index is -3.28. The van der Waals surface area contributed by atoms with E-state index in [0.29, 0.717) is 26.1 Å². The topological polar surface area (TPSA) is 64.4 Å². The normalized spacial score (nSPS) is 18.6. The van der Waals surface area contributed by atoms with Crippen molar-refractivity contribution in [3.63, 3.8) is 0 Å². The minimum absolute atomic E-state index is 0.0178. The van der Waals surface area contributed by atoms with E-state index in [1.807, 2.05) is 18.3 Å². The number of pyridine rings is 1. The summed E-state index contributed by atoms with van der Waals surface area (Å²) in [6.45, 7) is 3.48. The Morgan fingerprint density at radius 2 is 2.16 bits per heavy atom. The summed E-state index contributed by atoms with van der Waals surface area (Å²) in [6, 6.07) is 6.68. The van der Waals surface area contributed by atoms with Gasteiger partial charge in [-0.05, 0) is 43.5 Å². The van der Waals surface area contributed by atoms with E-state index < -0.39 is 15.8 Å². The molecular weight excluding hydrogens is 345 g/mol. The zero-order chi connectivity index (χ0) is 17.9. The second-order valence-electron chi connectivity index (χ2n) is 6.14. The van der Waals surface area contributed by atoms with Crippen LogP contribution in [-0.2, 0) is 23.1 Å². The Morgan fingerprint density at radius 1 is 1.32 bits per heavy atom. The van der Waals surface area contributed by atoms with Crippen LogP contribution in [0, 0.1) is 11.7 Å². The maximum Gasteiger partial charge on any atom is 0.250 e. The van der Waals surface area contributed by atoms with Crippen LogP contribution < -0.4 is 4.74 Å². The summed E-state index contributed by atoms with van der Waals surface area (Å²) in [5.74, 6) is -0.348. The predicted octanol–water partition coefficient (Wildman–Crippen LogP) is 2.27. The van der Waals surface area contributed by atoms with Crippen LogP contribution in [0.3, 0.4) is 0 Å². The van der Waals surface area contributed by atoms with Gasteiger partial charge < -0.3 is 9.30 Å². The summed E-state index contributed by atoms with van der Waals surface area (Å²) in [7, 11) is -3.28. The van der Waals surface area contributed by atoms with Crippen LogP contribution in [0.15, 0.2) is 36.7 Å². The first-order valence-corrected chi connectivity index (χ1v) is 9.95. The summed E-state index contributed by atoms with van der Waals surface area (Å²) in [6.07, 6.45) is 4.05. The van der Waals surface area contributed by atoms with Gasteiger partial charge in [-0.3, -0.25) is 0 Å². The highest BCUT2D eigenvalue weighted by Crippen LogP contribution is 2.22. The van der Waals surface area contributed by atoms with Crippen LogP contribution in [0.1, 0.15) is 19.0 Å². The van der Waals surface area contributed by atoms with Gasteiger partial charge in [0.25, 0.3) is 0 Å². The van der Waals surface area contributed by atoms with Gasteiger partial charge in [0.2, 0.25) is 15.9 Å². The molecule has 2 aromatic rings. The van der Waals surface area contributed by atoms with Gasteiger partial charge in [0.1, 0.15) is 0 Å². The van der Waals surface area contributed by atoms with Gasteiger partial charge in [-0.15, -0.1) is 0 Å². The second kappa shape index (κ2) is 7.53. The lowest BCUT2D eigenvalue weighted by Gasteiger charge is -2.23. The fraction of sp³-hybridized carbons (Fsp3) is 0.471. The lowest BCUT2D eigenvalue weighted by molar-refractivity contribution is 0.234. The number of fused-ring (bicyclic) bond motifs is 1. The molecule has 0 saturated heterocycles. The van der Waals surface area contributed by atoms with Gasteiger partial charge in [-0.2, -0.15) is 4.31 Å². The molecule has 25 heavy (non-hydrogen) atoms. The number of ether oxygens (including phenoxy) is 1. The molecule has 136 valence electrons. The van der Waals surface area contributed by atoms with Gasteiger partial charge in [-0.1, -0.05) is 0 Å². The molecule has 0 unspecified atom stereocenters. The van der Waals surface area contributed by atoms with E-state index >= 15 is 0 Å². The summed E-state index contributed by atoms with van der Waals surface area (Å²) in [5.41, 5.74) is 0.983.